The lowest BCUT2D eigenvalue weighted by molar-refractivity contribution is 0.0951. The molecule has 7 heteroatoms. The summed E-state index contributed by atoms with van der Waals surface area (Å²) >= 11 is 0. The van der Waals surface area contributed by atoms with E-state index in [0.717, 1.165) is 5.56 Å². The smallest absolute Gasteiger partial charge is 0.255 e. The first kappa shape index (κ1) is 19.3. The van der Waals surface area contributed by atoms with Gasteiger partial charge >= 0.3 is 0 Å². The SMILES string of the molecule is O=C(NCc1ccncc1)c1ccc2[nH]c(=O)c(Cc3cccc(F)c3)c(O)c2c1. The molecule has 0 aliphatic carbocycles. The fourth-order valence-electron chi connectivity index (χ4n) is 3.26. The molecule has 6 nitrogen and oxygen atoms in total. The molecule has 3 N–H and O–H groups in total. The van der Waals surface area contributed by atoms with Gasteiger partial charge in [-0.05, 0) is 53.6 Å². The van der Waals surface area contributed by atoms with Crippen molar-refractivity contribution in [2.24, 2.45) is 0 Å². The molecule has 2 aromatic heterocycles. The Balaban J connectivity index is 1.64. The number of rotatable bonds is 5. The first-order chi connectivity index (χ1) is 14.5. The molecule has 0 atom stereocenters. The van der Waals surface area contributed by atoms with E-state index in [2.05, 4.69) is 15.3 Å². The van der Waals surface area contributed by atoms with Gasteiger partial charge in [-0.1, -0.05) is 12.1 Å². The molecule has 0 spiro atoms. The Morgan fingerprint density at radius 1 is 1.07 bits per heavy atom. The second kappa shape index (κ2) is 8.16. The van der Waals surface area contributed by atoms with Crippen molar-refractivity contribution < 1.29 is 14.3 Å². The van der Waals surface area contributed by atoms with Crippen molar-refractivity contribution in [2.45, 2.75) is 13.0 Å². The maximum absolute atomic E-state index is 13.5. The zero-order valence-corrected chi connectivity index (χ0v) is 15.9. The van der Waals surface area contributed by atoms with Crippen molar-refractivity contribution in [3.63, 3.8) is 0 Å². The Bertz CT molecular complexity index is 1290. The summed E-state index contributed by atoms with van der Waals surface area (Å²) in [5.41, 5.74) is 1.87. The third kappa shape index (κ3) is 4.05. The van der Waals surface area contributed by atoms with Crippen molar-refractivity contribution in [2.75, 3.05) is 0 Å². The number of pyridine rings is 2. The summed E-state index contributed by atoms with van der Waals surface area (Å²) in [6.07, 6.45) is 3.35. The van der Waals surface area contributed by atoms with Crippen LogP contribution in [0.2, 0.25) is 0 Å². The molecular weight excluding hydrogens is 385 g/mol. The quantitative estimate of drug-likeness (QED) is 0.477. The second-order valence-electron chi connectivity index (χ2n) is 6.89. The van der Waals surface area contributed by atoms with Crippen LogP contribution in [-0.4, -0.2) is 21.0 Å². The molecule has 0 saturated carbocycles. The highest BCUT2D eigenvalue weighted by atomic mass is 19.1. The number of halogens is 1. The molecule has 0 radical (unpaired) electrons. The van der Waals surface area contributed by atoms with Crippen LogP contribution < -0.4 is 10.9 Å². The van der Waals surface area contributed by atoms with Gasteiger partial charge in [-0.2, -0.15) is 0 Å². The van der Waals surface area contributed by atoms with Crippen LogP contribution >= 0.6 is 0 Å². The average Bonchev–Trinajstić information content (AvgIpc) is 2.75. The zero-order chi connectivity index (χ0) is 21.1. The molecule has 0 aliphatic heterocycles. The maximum Gasteiger partial charge on any atom is 0.255 e. The number of hydrogen-bond acceptors (Lipinski definition) is 4. The third-order valence-electron chi connectivity index (χ3n) is 4.82. The van der Waals surface area contributed by atoms with E-state index in [4.69, 9.17) is 0 Å². The maximum atomic E-state index is 13.5. The third-order valence-corrected chi connectivity index (χ3v) is 4.82. The van der Waals surface area contributed by atoms with Crippen LogP contribution in [-0.2, 0) is 13.0 Å². The Morgan fingerprint density at radius 2 is 1.87 bits per heavy atom. The van der Waals surface area contributed by atoms with E-state index in [1.165, 1.54) is 18.2 Å². The molecule has 0 fully saturated rings. The average molecular weight is 403 g/mol. The Hall–Kier alpha value is -4.00. The summed E-state index contributed by atoms with van der Waals surface area (Å²) in [5.74, 6) is -0.954. The highest BCUT2D eigenvalue weighted by Gasteiger charge is 2.15. The lowest BCUT2D eigenvalue weighted by Crippen LogP contribution is -2.22. The number of carbonyl (C=O) groups excluding carboxylic acids is 1. The van der Waals surface area contributed by atoms with Gasteiger partial charge in [0.1, 0.15) is 11.6 Å². The van der Waals surface area contributed by atoms with Crippen molar-refractivity contribution in [3.05, 3.63) is 105 Å². The van der Waals surface area contributed by atoms with Crippen molar-refractivity contribution in [1.82, 2.24) is 15.3 Å². The number of amides is 1. The predicted octanol–water partition coefficient (Wildman–Crippen LogP) is 3.29. The highest BCUT2D eigenvalue weighted by molar-refractivity contribution is 5.99. The lowest BCUT2D eigenvalue weighted by Gasteiger charge is -2.10. The lowest BCUT2D eigenvalue weighted by atomic mass is 10.0. The van der Waals surface area contributed by atoms with E-state index in [0.29, 0.717) is 28.6 Å². The number of nitrogens with zero attached hydrogens (tertiary/aromatic N) is 1. The minimum Gasteiger partial charge on any atom is -0.507 e. The number of carbonyl (C=O) groups is 1. The minimum absolute atomic E-state index is 0.0628. The standard InChI is InChI=1S/C23H18FN3O3/c24-17-3-1-2-15(10-17)11-19-21(28)18-12-16(4-5-20(18)27-23(19)30)22(29)26-13-14-6-8-25-9-7-14/h1-10,12H,11,13H2,(H,26,29)(H2,27,28,30). The summed E-state index contributed by atoms with van der Waals surface area (Å²) in [7, 11) is 0. The van der Waals surface area contributed by atoms with Crippen LogP contribution in [0.5, 0.6) is 5.75 Å². The second-order valence-corrected chi connectivity index (χ2v) is 6.89. The Morgan fingerprint density at radius 3 is 2.63 bits per heavy atom. The van der Waals surface area contributed by atoms with Crippen LogP contribution in [0.25, 0.3) is 10.9 Å². The molecule has 30 heavy (non-hydrogen) atoms. The molecule has 4 aromatic rings. The summed E-state index contributed by atoms with van der Waals surface area (Å²) in [6, 6.07) is 14.1. The van der Waals surface area contributed by atoms with E-state index in [9.17, 15) is 19.1 Å². The first-order valence-corrected chi connectivity index (χ1v) is 9.30. The van der Waals surface area contributed by atoms with Crippen molar-refractivity contribution in [3.8, 4) is 5.75 Å². The number of aromatic hydroxyl groups is 1. The Labute approximate surface area is 171 Å². The summed E-state index contributed by atoms with van der Waals surface area (Å²) in [6.45, 7) is 0.335. The van der Waals surface area contributed by atoms with Gasteiger partial charge in [-0.3, -0.25) is 14.6 Å². The van der Waals surface area contributed by atoms with Gasteiger partial charge in [-0.25, -0.2) is 4.39 Å². The number of aromatic amines is 1. The summed E-state index contributed by atoms with van der Waals surface area (Å²) in [4.78, 5) is 31.6. The fraction of sp³-hybridized carbons (Fsp3) is 0.0870. The van der Waals surface area contributed by atoms with Gasteiger partial charge in [0.25, 0.3) is 11.5 Å². The summed E-state index contributed by atoms with van der Waals surface area (Å²) in [5, 5.41) is 13.9. The van der Waals surface area contributed by atoms with Crippen LogP contribution in [0.3, 0.4) is 0 Å². The molecule has 0 bridgehead atoms. The van der Waals surface area contributed by atoms with Crippen molar-refractivity contribution >= 4 is 16.8 Å². The minimum atomic E-state index is -0.459. The van der Waals surface area contributed by atoms with Gasteiger partial charge in [-0.15, -0.1) is 0 Å². The molecule has 0 unspecified atom stereocenters. The monoisotopic (exact) mass is 403 g/mol. The number of benzene rings is 2. The molecule has 2 heterocycles. The topological polar surface area (TPSA) is 95.1 Å². The number of hydrogen-bond donors (Lipinski definition) is 3. The molecule has 2 aromatic carbocycles. The van der Waals surface area contributed by atoms with Gasteiger partial charge in [0, 0.05) is 36.3 Å². The first-order valence-electron chi connectivity index (χ1n) is 9.30. The zero-order valence-electron chi connectivity index (χ0n) is 15.9. The molecule has 0 aliphatic rings. The van der Waals surface area contributed by atoms with E-state index >= 15 is 0 Å². The van der Waals surface area contributed by atoms with E-state index in [-0.39, 0.29) is 23.6 Å². The van der Waals surface area contributed by atoms with Crippen LogP contribution in [0.1, 0.15) is 27.0 Å². The van der Waals surface area contributed by atoms with Gasteiger partial charge in [0.2, 0.25) is 0 Å². The summed E-state index contributed by atoms with van der Waals surface area (Å²) < 4.78 is 13.5. The van der Waals surface area contributed by atoms with Crippen LogP contribution in [0.15, 0.2) is 71.8 Å². The molecule has 4 rings (SSSR count). The molecular formula is C23H18FN3O3. The number of fused-ring (bicyclic) bond motifs is 1. The predicted molar refractivity (Wildman–Crippen MR) is 111 cm³/mol. The number of aromatic nitrogens is 2. The van der Waals surface area contributed by atoms with E-state index in [1.54, 1.807) is 48.8 Å². The molecule has 150 valence electrons. The normalized spacial score (nSPS) is 10.8. The number of nitrogens with one attached hydrogen (secondary N) is 2. The van der Waals surface area contributed by atoms with E-state index in [1.807, 2.05) is 0 Å². The molecule has 1 amide bonds. The Kier molecular flexibility index (Phi) is 5.26. The van der Waals surface area contributed by atoms with Crippen LogP contribution in [0, 0.1) is 5.82 Å². The van der Waals surface area contributed by atoms with Crippen LogP contribution in [0.4, 0.5) is 4.39 Å². The largest absolute Gasteiger partial charge is 0.507 e. The van der Waals surface area contributed by atoms with Crippen molar-refractivity contribution in [1.29, 1.82) is 0 Å². The van der Waals surface area contributed by atoms with Gasteiger partial charge in [0.05, 0.1) is 11.1 Å². The van der Waals surface area contributed by atoms with Gasteiger partial charge < -0.3 is 15.4 Å². The fourth-order valence-corrected chi connectivity index (χ4v) is 3.26. The van der Waals surface area contributed by atoms with Gasteiger partial charge in [0.15, 0.2) is 0 Å². The van der Waals surface area contributed by atoms with E-state index < -0.39 is 11.4 Å². The number of H-pyrrole nitrogens is 1. The highest BCUT2D eigenvalue weighted by Crippen LogP contribution is 2.27. The molecule has 0 saturated heterocycles.